The van der Waals surface area contributed by atoms with Gasteiger partial charge in [-0.15, -0.1) is 0 Å². The van der Waals surface area contributed by atoms with Gasteiger partial charge in [0.1, 0.15) is 12.7 Å². The Bertz CT molecular complexity index is 319. The maximum atomic E-state index is 10.2. The second-order valence-corrected chi connectivity index (χ2v) is 5.16. The van der Waals surface area contributed by atoms with Gasteiger partial charge in [-0.2, -0.15) is 5.10 Å². The van der Waals surface area contributed by atoms with Gasteiger partial charge < -0.3 is 10.4 Å². The molecule has 0 aromatic carbocycles. The molecule has 0 spiro atoms. The fraction of sp³-hybridized carbons (Fsp3) is 0.833. The molecule has 1 fully saturated rings. The third kappa shape index (κ3) is 3.78. The standard InChI is InChI=1S/C12H22N4O/c1-11(4-7-16-10-13-9-15-16)14-8-12(17)5-2-3-6-12/h9-11,14,17H,2-8H2,1H3. The van der Waals surface area contributed by atoms with E-state index in [4.69, 9.17) is 0 Å². The van der Waals surface area contributed by atoms with E-state index < -0.39 is 5.60 Å². The lowest BCUT2D eigenvalue weighted by atomic mass is 10.0. The molecule has 17 heavy (non-hydrogen) atoms. The molecular formula is C12H22N4O. The summed E-state index contributed by atoms with van der Waals surface area (Å²) in [6.07, 6.45) is 8.48. The van der Waals surface area contributed by atoms with E-state index in [1.807, 2.05) is 4.68 Å². The molecule has 5 heteroatoms. The predicted molar refractivity (Wildman–Crippen MR) is 65.5 cm³/mol. The summed E-state index contributed by atoms with van der Waals surface area (Å²) in [5.74, 6) is 0. The van der Waals surface area contributed by atoms with Crippen molar-refractivity contribution in [2.75, 3.05) is 6.54 Å². The minimum atomic E-state index is -0.457. The lowest BCUT2D eigenvalue weighted by Gasteiger charge is -2.25. The van der Waals surface area contributed by atoms with Gasteiger partial charge in [0.05, 0.1) is 5.60 Å². The molecule has 0 aliphatic heterocycles. The number of nitrogens with one attached hydrogen (secondary N) is 1. The van der Waals surface area contributed by atoms with Gasteiger partial charge in [-0.3, -0.25) is 4.68 Å². The first-order valence-corrected chi connectivity index (χ1v) is 6.46. The highest BCUT2D eigenvalue weighted by atomic mass is 16.3. The number of aliphatic hydroxyl groups is 1. The highest BCUT2D eigenvalue weighted by Gasteiger charge is 2.30. The van der Waals surface area contributed by atoms with Crippen LogP contribution in [0.2, 0.25) is 0 Å². The number of aryl methyl sites for hydroxylation is 1. The van der Waals surface area contributed by atoms with Crippen molar-refractivity contribution in [2.45, 2.75) is 57.2 Å². The van der Waals surface area contributed by atoms with E-state index in [0.717, 1.165) is 38.6 Å². The molecule has 1 heterocycles. The molecule has 1 aromatic rings. The monoisotopic (exact) mass is 238 g/mol. The SMILES string of the molecule is CC(CCn1cncn1)NCC1(O)CCCC1. The summed E-state index contributed by atoms with van der Waals surface area (Å²) in [4.78, 5) is 3.91. The number of rotatable bonds is 6. The van der Waals surface area contributed by atoms with Gasteiger partial charge in [0, 0.05) is 19.1 Å². The lowest BCUT2D eigenvalue weighted by Crippen LogP contribution is -2.42. The summed E-state index contributed by atoms with van der Waals surface area (Å²) in [6.45, 7) is 3.73. The van der Waals surface area contributed by atoms with Crippen LogP contribution in [0.25, 0.3) is 0 Å². The van der Waals surface area contributed by atoms with Crippen molar-refractivity contribution in [3.63, 3.8) is 0 Å². The van der Waals surface area contributed by atoms with Crippen molar-refractivity contribution >= 4 is 0 Å². The molecule has 2 rings (SSSR count). The topological polar surface area (TPSA) is 63.0 Å². The number of hydrogen-bond acceptors (Lipinski definition) is 4. The Morgan fingerprint density at radius 3 is 2.88 bits per heavy atom. The molecule has 5 nitrogen and oxygen atoms in total. The van der Waals surface area contributed by atoms with Crippen LogP contribution in [0.5, 0.6) is 0 Å². The molecule has 1 saturated carbocycles. The number of aromatic nitrogens is 3. The summed E-state index contributed by atoms with van der Waals surface area (Å²) in [5, 5.41) is 17.7. The molecule has 0 radical (unpaired) electrons. The first kappa shape index (κ1) is 12.5. The van der Waals surface area contributed by atoms with Gasteiger partial charge in [-0.1, -0.05) is 12.8 Å². The van der Waals surface area contributed by atoms with Crippen molar-refractivity contribution in [2.24, 2.45) is 0 Å². The maximum Gasteiger partial charge on any atom is 0.137 e. The van der Waals surface area contributed by atoms with Gasteiger partial charge in [0.2, 0.25) is 0 Å². The molecule has 2 N–H and O–H groups in total. The zero-order valence-electron chi connectivity index (χ0n) is 10.5. The average Bonchev–Trinajstić information content (AvgIpc) is 2.95. The minimum absolute atomic E-state index is 0.392. The van der Waals surface area contributed by atoms with Crippen LogP contribution in [0, 0.1) is 0 Å². The van der Waals surface area contributed by atoms with E-state index in [0.29, 0.717) is 12.6 Å². The Morgan fingerprint density at radius 1 is 1.47 bits per heavy atom. The van der Waals surface area contributed by atoms with E-state index in [9.17, 15) is 5.11 Å². The van der Waals surface area contributed by atoms with Crippen molar-refractivity contribution < 1.29 is 5.11 Å². The van der Waals surface area contributed by atoms with Gasteiger partial charge in [0.15, 0.2) is 0 Å². The molecular weight excluding hydrogens is 216 g/mol. The van der Waals surface area contributed by atoms with Crippen LogP contribution in [0.3, 0.4) is 0 Å². The lowest BCUT2D eigenvalue weighted by molar-refractivity contribution is 0.0449. The van der Waals surface area contributed by atoms with Gasteiger partial charge in [-0.05, 0) is 26.2 Å². The molecule has 1 aromatic heterocycles. The van der Waals surface area contributed by atoms with Crippen LogP contribution in [-0.2, 0) is 6.54 Å². The zero-order chi connectivity index (χ0) is 12.1. The summed E-state index contributed by atoms with van der Waals surface area (Å²) in [6, 6.07) is 0.392. The molecule has 1 aliphatic rings. The Kier molecular flexibility index (Phi) is 4.12. The third-order valence-electron chi connectivity index (χ3n) is 3.57. The van der Waals surface area contributed by atoms with Crippen LogP contribution in [0.15, 0.2) is 12.7 Å². The third-order valence-corrected chi connectivity index (χ3v) is 3.57. The van der Waals surface area contributed by atoms with E-state index in [2.05, 4.69) is 22.3 Å². The highest BCUT2D eigenvalue weighted by molar-refractivity contribution is 4.86. The highest BCUT2D eigenvalue weighted by Crippen LogP contribution is 2.28. The normalized spacial score (nSPS) is 20.6. The fourth-order valence-electron chi connectivity index (χ4n) is 2.35. The predicted octanol–water partition coefficient (Wildman–Crippen LogP) is 0.951. The second-order valence-electron chi connectivity index (χ2n) is 5.16. The van der Waals surface area contributed by atoms with Gasteiger partial charge >= 0.3 is 0 Å². The first-order valence-electron chi connectivity index (χ1n) is 6.46. The van der Waals surface area contributed by atoms with E-state index in [-0.39, 0.29) is 0 Å². The Hall–Kier alpha value is -0.940. The van der Waals surface area contributed by atoms with Gasteiger partial charge in [0.25, 0.3) is 0 Å². The Balaban J connectivity index is 1.65. The molecule has 1 atom stereocenters. The smallest absolute Gasteiger partial charge is 0.137 e. The molecule has 96 valence electrons. The maximum absolute atomic E-state index is 10.2. The molecule has 1 aliphatic carbocycles. The van der Waals surface area contributed by atoms with E-state index in [1.54, 1.807) is 12.7 Å². The minimum Gasteiger partial charge on any atom is -0.389 e. The first-order chi connectivity index (χ1) is 8.18. The molecule has 0 bridgehead atoms. The summed E-state index contributed by atoms with van der Waals surface area (Å²) >= 11 is 0. The summed E-state index contributed by atoms with van der Waals surface area (Å²) in [7, 11) is 0. The second kappa shape index (κ2) is 5.60. The van der Waals surface area contributed by atoms with Crippen molar-refractivity contribution in [3.05, 3.63) is 12.7 Å². The fourth-order valence-corrected chi connectivity index (χ4v) is 2.35. The van der Waals surface area contributed by atoms with Gasteiger partial charge in [-0.25, -0.2) is 4.98 Å². The van der Waals surface area contributed by atoms with E-state index >= 15 is 0 Å². The zero-order valence-corrected chi connectivity index (χ0v) is 10.5. The van der Waals surface area contributed by atoms with Crippen molar-refractivity contribution in [1.29, 1.82) is 0 Å². The average molecular weight is 238 g/mol. The molecule has 1 unspecified atom stereocenters. The van der Waals surface area contributed by atoms with Crippen LogP contribution in [-0.4, -0.2) is 38.1 Å². The van der Waals surface area contributed by atoms with Crippen LogP contribution in [0.1, 0.15) is 39.0 Å². The van der Waals surface area contributed by atoms with Crippen LogP contribution < -0.4 is 5.32 Å². The molecule has 0 amide bonds. The largest absolute Gasteiger partial charge is 0.389 e. The number of hydrogen-bond donors (Lipinski definition) is 2. The summed E-state index contributed by atoms with van der Waals surface area (Å²) in [5.41, 5.74) is -0.457. The van der Waals surface area contributed by atoms with Crippen LogP contribution in [0.4, 0.5) is 0 Å². The summed E-state index contributed by atoms with van der Waals surface area (Å²) < 4.78 is 1.84. The van der Waals surface area contributed by atoms with E-state index in [1.165, 1.54) is 0 Å². The van der Waals surface area contributed by atoms with Crippen molar-refractivity contribution in [1.82, 2.24) is 20.1 Å². The molecule has 0 saturated heterocycles. The Labute approximate surface area is 102 Å². The van der Waals surface area contributed by atoms with Crippen LogP contribution >= 0.6 is 0 Å². The number of nitrogens with zero attached hydrogens (tertiary/aromatic N) is 3. The Morgan fingerprint density at radius 2 is 2.24 bits per heavy atom. The van der Waals surface area contributed by atoms with Crippen molar-refractivity contribution in [3.8, 4) is 0 Å². The quantitative estimate of drug-likeness (QED) is 0.774.